The summed E-state index contributed by atoms with van der Waals surface area (Å²) >= 11 is 0. The third kappa shape index (κ3) is 4.61. The second kappa shape index (κ2) is 9.80. The number of aromatic amines is 1. The lowest BCUT2D eigenvalue weighted by atomic mass is 9.94. The van der Waals surface area contributed by atoms with Crippen molar-refractivity contribution in [1.29, 1.82) is 0 Å². The van der Waals surface area contributed by atoms with Crippen molar-refractivity contribution in [2.75, 3.05) is 34.2 Å². The molecule has 1 saturated carbocycles. The number of nitrogens with one attached hydrogen (secondary N) is 1. The fourth-order valence-electron chi connectivity index (χ4n) is 4.53. The Morgan fingerprint density at radius 2 is 1.74 bits per heavy atom. The van der Waals surface area contributed by atoms with Gasteiger partial charge in [-0.1, -0.05) is 20.3 Å². The van der Waals surface area contributed by atoms with E-state index in [0.29, 0.717) is 43.0 Å². The fourth-order valence-corrected chi connectivity index (χ4v) is 4.53. The summed E-state index contributed by atoms with van der Waals surface area (Å²) in [7, 11) is 5.83. The number of imidazole rings is 1. The Labute approximate surface area is 183 Å². The normalized spacial score (nSPS) is 18.9. The van der Waals surface area contributed by atoms with E-state index in [1.165, 1.54) is 4.57 Å². The second-order valence-electron chi connectivity index (χ2n) is 8.92. The minimum absolute atomic E-state index is 0.0640. The SMILES string of the molecule is CCCn1c(=O)c2[nH]c([C@H]3CCC[C@@H]3C(=O)N(C)CCN(C)C)nc2n(CCC)c1=O. The zero-order valence-electron chi connectivity index (χ0n) is 19.5. The van der Waals surface area contributed by atoms with Crippen LogP contribution in [0.3, 0.4) is 0 Å². The summed E-state index contributed by atoms with van der Waals surface area (Å²) in [6, 6.07) is 0. The van der Waals surface area contributed by atoms with Crippen molar-refractivity contribution >= 4 is 17.1 Å². The van der Waals surface area contributed by atoms with Crippen molar-refractivity contribution in [3.05, 3.63) is 26.7 Å². The summed E-state index contributed by atoms with van der Waals surface area (Å²) < 4.78 is 2.90. The van der Waals surface area contributed by atoms with E-state index >= 15 is 0 Å². The Morgan fingerprint density at radius 1 is 1.06 bits per heavy atom. The van der Waals surface area contributed by atoms with Crippen LogP contribution in [0.25, 0.3) is 11.2 Å². The monoisotopic (exact) mass is 432 g/mol. The third-order valence-corrected chi connectivity index (χ3v) is 6.22. The molecule has 3 rings (SSSR count). The molecule has 1 aliphatic rings. The van der Waals surface area contributed by atoms with Gasteiger partial charge in [-0.05, 0) is 39.8 Å². The Morgan fingerprint density at radius 3 is 2.39 bits per heavy atom. The van der Waals surface area contributed by atoms with Crippen LogP contribution >= 0.6 is 0 Å². The quantitative estimate of drug-likeness (QED) is 0.649. The summed E-state index contributed by atoms with van der Waals surface area (Å²) in [5.74, 6) is 0.560. The molecule has 31 heavy (non-hydrogen) atoms. The number of amides is 1. The third-order valence-electron chi connectivity index (χ3n) is 6.22. The molecular weight excluding hydrogens is 396 g/mol. The summed E-state index contributed by atoms with van der Waals surface area (Å²) in [6.07, 6.45) is 4.07. The first-order valence-electron chi connectivity index (χ1n) is 11.4. The van der Waals surface area contributed by atoms with Gasteiger partial charge in [0.1, 0.15) is 11.3 Å². The van der Waals surface area contributed by atoms with Gasteiger partial charge in [0.05, 0.1) is 0 Å². The van der Waals surface area contributed by atoms with E-state index in [4.69, 9.17) is 4.98 Å². The molecule has 2 heterocycles. The van der Waals surface area contributed by atoms with Crippen LogP contribution < -0.4 is 11.2 Å². The number of carbonyl (C=O) groups excluding carboxylic acids is 1. The Balaban J connectivity index is 1.99. The first-order chi connectivity index (χ1) is 14.8. The predicted molar refractivity (Wildman–Crippen MR) is 121 cm³/mol. The Kier molecular flexibility index (Phi) is 7.35. The molecule has 2 aromatic rings. The summed E-state index contributed by atoms with van der Waals surface area (Å²) in [4.78, 5) is 50.8. The molecule has 9 nitrogen and oxygen atoms in total. The maximum atomic E-state index is 13.1. The average Bonchev–Trinajstić information content (AvgIpc) is 3.39. The standard InChI is InChI=1S/C22H36N6O3/c1-6-11-27-19-17(21(30)28(12-7-2)22(27)31)23-18(24-19)15-9-8-10-16(15)20(29)26(5)14-13-25(3)4/h15-16H,6-14H2,1-5H3,(H,23,24)/t15-,16-/m0/s1. The summed E-state index contributed by atoms with van der Waals surface area (Å²) in [6.45, 7) is 6.31. The molecule has 1 aliphatic carbocycles. The molecule has 0 unspecified atom stereocenters. The van der Waals surface area contributed by atoms with Crippen LogP contribution in [0.1, 0.15) is 57.7 Å². The van der Waals surface area contributed by atoms with Gasteiger partial charge in [0.25, 0.3) is 5.56 Å². The molecule has 0 aromatic carbocycles. The van der Waals surface area contributed by atoms with Gasteiger partial charge in [0.2, 0.25) is 5.91 Å². The van der Waals surface area contributed by atoms with Crippen LogP contribution in [0.4, 0.5) is 0 Å². The van der Waals surface area contributed by atoms with E-state index in [2.05, 4.69) is 9.88 Å². The van der Waals surface area contributed by atoms with Crippen molar-refractivity contribution in [1.82, 2.24) is 28.9 Å². The van der Waals surface area contributed by atoms with E-state index in [1.807, 2.05) is 35.0 Å². The molecule has 1 amide bonds. The molecule has 0 spiro atoms. The first kappa shape index (κ1) is 23.2. The molecule has 1 N–H and O–H groups in total. The maximum absolute atomic E-state index is 13.1. The van der Waals surface area contributed by atoms with Crippen LogP contribution in [0.2, 0.25) is 0 Å². The highest BCUT2D eigenvalue weighted by molar-refractivity contribution is 5.80. The number of fused-ring (bicyclic) bond motifs is 1. The lowest BCUT2D eigenvalue weighted by Gasteiger charge is -2.25. The van der Waals surface area contributed by atoms with E-state index in [0.717, 1.165) is 32.2 Å². The van der Waals surface area contributed by atoms with Gasteiger partial charge in [-0.15, -0.1) is 0 Å². The minimum atomic E-state index is -0.322. The van der Waals surface area contributed by atoms with Crippen molar-refractivity contribution < 1.29 is 4.79 Å². The van der Waals surface area contributed by atoms with Gasteiger partial charge in [-0.25, -0.2) is 9.78 Å². The highest BCUT2D eigenvalue weighted by Gasteiger charge is 2.37. The molecule has 9 heteroatoms. The Hall–Kier alpha value is -2.42. The van der Waals surface area contributed by atoms with E-state index in [9.17, 15) is 14.4 Å². The molecule has 0 radical (unpaired) electrons. The van der Waals surface area contributed by atoms with Gasteiger partial charge in [-0.2, -0.15) is 0 Å². The van der Waals surface area contributed by atoms with E-state index < -0.39 is 0 Å². The Bertz CT molecular complexity index is 1030. The van der Waals surface area contributed by atoms with Gasteiger partial charge < -0.3 is 14.8 Å². The molecule has 172 valence electrons. The molecular formula is C22H36N6O3. The molecule has 2 aromatic heterocycles. The summed E-state index contributed by atoms with van der Waals surface area (Å²) in [5.41, 5.74) is 0.160. The van der Waals surface area contributed by atoms with Crippen molar-refractivity contribution in [2.45, 2.75) is 65.0 Å². The van der Waals surface area contributed by atoms with Crippen LogP contribution in [-0.2, 0) is 17.9 Å². The fraction of sp³-hybridized carbons (Fsp3) is 0.727. The van der Waals surface area contributed by atoms with Gasteiger partial charge in [0, 0.05) is 45.1 Å². The number of carbonyl (C=O) groups is 1. The maximum Gasteiger partial charge on any atom is 0.332 e. The summed E-state index contributed by atoms with van der Waals surface area (Å²) in [5, 5.41) is 0. The van der Waals surface area contributed by atoms with Crippen LogP contribution in [-0.4, -0.2) is 69.0 Å². The molecule has 0 aliphatic heterocycles. The van der Waals surface area contributed by atoms with E-state index in [1.54, 1.807) is 9.47 Å². The van der Waals surface area contributed by atoms with Crippen LogP contribution in [0.15, 0.2) is 9.59 Å². The number of likely N-dealkylation sites (N-methyl/N-ethyl adjacent to an activating group) is 2. The number of aryl methyl sites for hydroxylation is 1. The van der Waals surface area contributed by atoms with Crippen molar-refractivity contribution in [2.24, 2.45) is 5.92 Å². The smallest absolute Gasteiger partial charge is 0.332 e. The largest absolute Gasteiger partial charge is 0.344 e. The number of hydrogen-bond acceptors (Lipinski definition) is 5. The second-order valence-corrected chi connectivity index (χ2v) is 8.92. The number of nitrogens with zero attached hydrogens (tertiary/aromatic N) is 5. The average molecular weight is 433 g/mol. The molecule has 2 atom stereocenters. The van der Waals surface area contributed by atoms with Crippen LogP contribution in [0, 0.1) is 5.92 Å². The highest BCUT2D eigenvalue weighted by Crippen LogP contribution is 2.39. The number of rotatable bonds is 9. The van der Waals surface area contributed by atoms with Crippen molar-refractivity contribution in [3.63, 3.8) is 0 Å². The molecule has 1 fully saturated rings. The van der Waals surface area contributed by atoms with Gasteiger partial charge in [-0.3, -0.25) is 18.7 Å². The highest BCUT2D eigenvalue weighted by atomic mass is 16.2. The van der Waals surface area contributed by atoms with Crippen LogP contribution in [0.5, 0.6) is 0 Å². The first-order valence-corrected chi connectivity index (χ1v) is 11.4. The number of hydrogen-bond donors (Lipinski definition) is 1. The minimum Gasteiger partial charge on any atom is -0.344 e. The topological polar surface area (TPSA) is 96.2 Å². The van der Waals surface area contributed by atoms with Gasteiger partial charge >= 0.3 is 5.69 Å². The zero-order valence-corrected chi connectivity index (χ0v) is 19.5. The predicted octanol–water partition coefficient (Wildman–Crippen LogP) is 1.61. The van der Waals surface area contributed by atoms with Crippen molar-refractivity contribution in [3.8, 4) is 0 Å². The number of H-pyrrole nitrogens is 1. The molecule has 0 saturated heterocycles. The van der Waals surface area contributed by atoms with Gasteiger partial charge in [0.15, 0.2) is 5.65 Å². The number of aromatic nitrogens is 4. The lowest BCUT2D eigenvalue weighted by molar-refractivity contribution is -0.134. The zero-order chi connectivity index (χ0) is 22.7. The molecule has 0 bridgehead atoms. The van der Waals surface area contributed by atoms with E-state index in [-0.39, 0.29) is 29.0 Å². The lowest BCUT2D eigenvalue weighted by Crippen LogP contribution is -2.40.